The Morgan fingerprint density at radius 3 is 2.53 bits per heavy atom. The van der Waals surface area contributed by atoms with Crippen LogP contribution in [0.15, 0.2) is 23.8 Å². The molecule has 30 heavy (non-hydrogen) atoms. The first kappa shape index (κ1) is 21.4. The fraction of sp³-hybridized carbons (Fsp3) is 0.708. The van der Waals surface area contributed by atoms with Crippen LogP contribution in [-0.2, 0) is 14.4 Å². The number of rotatable bonds is 2. The van der Waals surface area contributed by atoms with E-state index < -0.39 is 40.7 Å². The smallest absolute Gasteiger partial charge is 0.289 e. The Morgan fingerprint density at radius 1 is 1.23 bits per heavy atom. The van der Waals surface area contributed by atoms with Gasteiger partial charge < -0.3 is 10.0 Å². The number of likely N-dealkylation sites (N-methyl/N-ethyl adjacent to an activating group) is 1. The Hall–Kier alpha value is -1.82. The first-order valence-corrected chi connectivity index (χ1v) is 10.9. The van der Waals surface area contributed by atoms with E-state index in [0.29, 0.717) is 12.0 Å². The van der Waals surface area contributed by atoms with E-state index in [-0.39, 0.29) is 35.9 Å². The lowest BCUT2D eigenvalue weighted by Gasteiger charge is -2.59. The molecule has 0 saturated heterocycles. The molecule has 6 heteroatoms. The number of aliphatic hydroxyl groups excluding tert-OH is 1. The van der Waals surface area contributed by atoms with Gasteiger partial charge in [0.2, 0.25) is 5.78 Å². The topological polar surface area (TPSA) is 74.7 Å². The molecule has 3 saturated carbocycles. The van der Waals surface area contributed by atoms with Gasteiger partial charge in [-0.1, -0.05) is 26.8 Å². The average molecular weight is 418 g/mol. The second kappa shape index (κ2) is 6.84. The van der Waals surface area contributed by atoms with Crippen molar-refractivity contribution in [2.24, 2.45) is 40.4 Å². The summed E-state index contributed by atoms with van der Waals surface area (Å²) in [5, 5.41) is 11.3. The average Bonchev–Trinajstić information content (AvgIpc) is 2.91. The summed E-state index contributed by atoms with van der Waals surface area (Å²) in [5.74, 6) is -1.86. The molecule has 1 N–H and O–H groups in total. The number of carbonyl (C=O) groups is 3. The Labute approximate surface area is 177 Å². The maximum absolute atomic E-state index is 15.3. The summed E-state index contributed by atoms with van der Waals surface area (Å²) in [7, 11) is 3.15. The van der Waals surface area contributed by atoms with Crippen LogP contribution < -0.4 is 0 Å². The van der Waals surface area contributed by atoms with Gasteiger partial charge in [0.25, 0.3) is 5.91 Å². The molecular formula is C24H32FNO4. The maximum Gasteiger partial charge on any atom is 0.289 e. The van der Waals surface area contributed by atoms with E-state index in [4.69, 9.17) is 0 Å². The standard InChI is InChI=1S/C24H32FNO4/c1-12-8-15-14-10-17(25)16-9-13(27)6-7-23(16,2)20(14)18(28)11-24(15,3)19(12)21(29)22(30)26(4)5/h6-7,9,12,14-15,17-20,28H,8,10-11H2,1-5H3/t12-,14-,15-,17-,18-,19+,20+,23-,24-/m0/s1. The van der Waals surface area contributed by atoms with Gasteiger partial charge >= 0.3 is 0 Å². The van der Waals surface area contributed by atoms with Gasteiger partial charge in [0.05, 0.1) is 6.10 Å². The second-order valence-electron chi connectivity index (χ2n) is 10.6. The highest BCUT2D eigenvalue weighted by atomic mass is 19.1. The number of Topliss-reactive ketones (excluding diaryl/α,β-unsaturated/α-hetero) is 1. The van der Waals surface area contributed by atoms with E-state index in [1.54, 1.807) is 20.2 Å². The number of halogens is 1. The molecule has 4 aliphatic rings. The monoisotopic (exact) mass is 417 g/mol. The van der Waals surface area contributed by atoms with E-state index in [1.165, 1.54) is 17.1 Å². The van der Waals surface area contributed by atoms with Gasteiger partial charge in [0.15, 0.2) is 5.78 Å². The molecule has 0 aromatic heterocycles. The third kappa shape index (κ3) is 2.79. The Kier molecular flexibility index (Phi) is 4.88. The lowest BCUT2D eigenvalue weighted by molar-refractivity contribution is -0.154. The molecule has 0 aliphatic heterocycles. The number of alkyl halides is 1. The molecule has 1 amide bonds. The van der Waals surface area contributed by atoms with Gasteiger partial charge in [-0.15, -0.1) is 0 Å². The lowest BCUT2D eigenvalue weighted by Crippen LogP contribution is -2.58. The van der Waals surface area contributed by atoms with Crippen molar-refractivity contribution in [3.8, 4) is 0 Å². The minimum absolute atomic E-state index is 0.00590. The Morgan fingerprint density at radius 2 is 1.90 bits per heavy atom. The molecule has 0 radical (unpaired) electrons. The second-order valence-corrected chi connectivity index (χ2v) is 10.6. The van der Waals surface area contributed by atoms with Gasteiger partial charge in [-0.05, 0) is 60.2 Å². The summed E-state index contributed by atoms with van der Waals surface area (Å²) in [6.45, 7) is 5.93. The van der Waals surface area contributed by atoms with Crippen molar-refractivity contribution in [1.82, 2.24) is 4.90 Å². The number of ketones is 2. The van der Waals surface area contributed by atoms with Crippen LogP contribution in [0.3, 0.4) is 0 Å². The van der Waals surface area contributed by atoms with Crippen molar-refractivity contribution in [3.05, 3.63) is 23.8 Å². The summed E-state index contributed by atoms with van der Waals surface area (Å²) < 4.78 is 15.3. The predicted octanol–water partition coefficient (Wildman–Crippen LogP) is 2.73. The third-order valence-corrected chi connectivity index (χ3v) is 8.72. The van der Waals surface area contributed by atoms with Gasteiger partial charge in [-0.2, -0.15) is 0 Å². The molecule has 3 fully saturated rings. The van der Waals surface area contributed by atoms with Crippen LogP contribution >= 0.6 is 0 Å². The quantitative estimate of drug-likeness (QED) is 0.701. The van der Waals surface area contributed by atoms with Crippen LogP contribution in [0.4, 0.5) is 4.39 Å². The number of amides is 1. The predicted molar refractivity (Wildman–Crippen MR) is 110 cm³/mol. The van der Waals surface area contributed by atoms with Crippen LogP contribution in [-0.4, -0.2) is 53.9 Å². The van der Waals surface area contributed by atoms with E-state index >= 15 is 4.39 Å². The summed E-state index contributed by atoms with van der Waals surface area (Å²) in [6, 6.07) is 0. The zero-order chi connectivity index (χ0) is 22.2. The number of fused-ring (bicyclic) bond motifs is 5. The first-order valence-electron chi connectivity index (χ1n) is 10.9. The molecule has 164 valence electrons. The molecule has 0 bridgehead atoms. The van der Waals surface area contributed by atoms with Gasteiger partial charge in [0, 0.05) is 31.3 Å². The normalized spacial score (nSPS) is 47.1. The molecule has 0 heterocycles. The van der Waals surface area contributed by atoms with E-state index in [2.05, 4.69) is 0 Å². The summed E-state index contributed by atoms with van der Waals surface area (Å²) in [6.07, 6.45) is 4.09. The zero-order valence-corrected chi connectivity index (χ0v) is 18.4. The minimum Gasteiger partial charge on any atom is -0.393 e. The van der Waals surface area contributed by atoms with E-state index in [1.807, 2.05) is 20.8 Å². The van der Waals surface area contributed by atoms with Crippen molar-refractivity contribution >= 4 is 17.5 Å². The summed E-state index contributed by atoms with van der Waals surface area (Å²) in [5.41, 5.74) is -0.781. The molecule has 0 aromatic rings. The van der Waals surface area contributed by atoms with E-state index in [0.717, 1.165) is 6.42 Å². The molecule has 5 nitrogen and oxygen atoms in total. The van der Waals surface area contributed by atoms with Crippen LogP contribution in [0.25, 0.3) is 0 Å². The molecule has 0 aromatic carbocycles. The van der Waals surface area contributed by atoms with Gasteiger partial charge in [-0.3, -0.25) is 14.4 Å². The molecular weight excluding hydrogens is 385 g/mol. The van der Waals surface area contributed by atoms with Crippen molar-refractivity contribution in [2.45, 2.75) is 52.3 Å². The summed E-state index contributed by atoms with van der Waals surface area (Å²) >= 11 is 0. The van der Waals surface area contributed by atoms with Crippen molar-refractivity contribution in [1.29, 1.82) is 0 Å². The van der Waals surface area contributed by atoms with Crippen LogP contribution in [0.1, 0.15) is 40.0 Å². The summed E-state index contributed by atoms with van der Waals surface area (Å²) in [4.78, 5) is 38.8. The number of hydrogen-bond donors (Lipinski definition) is 1. The van der Waals surface area contributed by atoms with E-state index in [9.17, 15) is 19.5 Å². The maximum atomic E-state index is 15.3. The highest BCUT2D eigenvalue weighted by Crippen LogP contribution is 2.67. The zero-order valence-electron chi connectivity index (χ0n) is 18.4. The molecule has 9 atom stereocenters. The molecule has 0 spiro atoms. The largest absolute Gasteiger partial charge is 0.393 e. The Bertz CT molecular complexity index is 863. The Balaban J connectivity index is 1.74. The number of allylic oxidation sites excluding steroid dienone is 4. The van der Waals surface area contributed by atoms with Gasteiger partial charge in [0.1, 0.15) is 6.17 Å². The fourth-order valence-electron chi connectivity index (χ4n) is 7.61. The van der Waals surface area contributed by atoms with Crippen LogP contribution in [0, 0.1) is 40.4 Å². The highest BCUT2D eigenvalue weighted by molar-refractivity contribution is 6.37. The minimum atomic E-state index is -1.24. The fourth-order valence-corrected chi connectivity index (χ4v) is 7.61. The van der Waals surface area contributed by atoms with Crippen LogP contribution in [0.2, 0.25) is 0 Å². The molecule has 4 rings (SSSR count). The number of hydrogen-bond acceptors (Lipinski definition) is 4. The lowest BCUT2D eigenvalue weighted by atomic mass is 9.46. The van der Waals surface area contributed by atoms with Crippen molar-refractivity contribution in [3.63, 3.8) is 0 Å². The number of carbonyl (C=O) groups excluding carboxylic acids is 3. The first-order chi connectivity index (χ1) is 13.9. The van der Waals surface area contributed by atoms with Crippen molar-refractivity contribution < 1.29 is 23.9 Å². The van der Waals surface area contributed by atoms with Crippen molar-refractivity contribution in [2.75, 3.05) is 14.1 Å². The van der Waals surface area contributed by atoms with Gasteiger partial charge in [-0.25, -0.2) is 4.39 Å². The SMILES string of the molecule is C[C@H]1C[C@H]2[C@@H]3C[C@H](F)C4=CC(=O)C=C[C@]4(C)[C@H]3[C@@H](O)C[C@]2(C)[C@H]1C(=O)C(=O)N(C)C. The third-order valence-electron chi connectivity index (χ3n) is 8.72. The number of aliphatic hydroxyl groups is 1. The van der Waals surface area contributed by atoms with Crippen LogP contribution in [0.5, 0.6) is 0 Å². The molecule has 0 unspecified atom stereocenters. The number of nitrogens with zero attached hydrogens (tertiary/aromatic N) is 1. The highest BCUT2D eigenvalue weighted by Gasteiger charge is 2.66. The molecule has 4 aliphatic carbocycles.